The fourth-order valence-electron chi connectivity index (χ4n) is 3.77. The first kappa shape index (κ1) is 23.7. The highest BCUT2D eigenvalue weighted by atomic mass is 35.5. The predicted octanol–water partition coefficient (Wildman–Crippen LogP) is 8.06. The number of rotatable bonds is 5. The molecule has 2 amide bonds. The van der Waals surface area contributed by atoms with Crippen LogP contribution >= 0.6 is 23.2 Å². The Bertz CT molecular complexity index is 1390. The second-order valence-corrected chi connectivity index (χ2v) is 8.95. The lowest BCUT2D eigenvalue weighted by atomic mass is 10.0. The van der Waals surface area contributed by atoms with Crippen molar-refractivity contribution in [2.45, 2.75) is 6.04 Å². The summed E-state index contributed by atoms with van der Waals surface area (Å²) in [6, 6.07) is 26.7. The Balaban J connectivity index is 1.33. The predicted molar refractivity (Wildman–Crippen MR) is 141 cm³/mol. The third kappa shape index (κ3) is 5.46. The number of urea groups is 1. The van der Waals surface area contributed by atoms with Crippen molar-refractivity contribution >= 4 is 40.6 Å². The Morgan fingerprint density at radius 1 is 0.806 bits per heavy atom. The van der Waals surface area contributed by atoms with Gasteiger partial charge < -0.3 is 10.1 Å². The monoisotopic (exact) mass is 519 g/mol. The summed E-state index contributed by atoms with van der Waals surface area (Å²) in [6.45, 7) is 0. The van der Waals surface area contributed by atoms with E-state index in [-0.39, 0.29) is 17.9 Å². The zero-order valence-corrected chi connectivity index (χ0v) is 20.3. The van der Waals surface area contributed by atoms with E-state index in [9.17, 15) is 9.18 Å². The lowest BCUT2D eigenvalue weighted by Crippen LogP contribution is -2.42. The first-order valence-corrected chi connectivity index (χ1v) is 11.8. The van der Waals surface area contributed by atoms with Crippen molar-refractivity contribution in [3.05, 3.63) is 130 Å². The molecule has 1 aliphatic heterocycles. The van der Waals surface area contributed by atoms with Crippen molar-refractivity contribution in [1.82, 2.24) is 10.4 Å². The molecule has 0 fully saturated rings. The van der Waals surface area contributed by atoms with Gasteiger partial charge in [-0.2, -0.15) is 0 Å². The topological polar surface area (TPSA) is 53.6 Å². The average molecular weight is 520 g/mol. The molecule has 0 bridgehead atoms. The second kappa shape index (κ2) is 10.3. The molecule has 1 unspecified atom stereocenters. The second-order valence-electron chi connectivity index (χ2n) is 8.08. The number of carbonyl (C=O) groups excluding carboxylic acids is 1. The normalized spacial score (nSPS) is 14.7. The van der Waals surface area contributed by atoms with Gasteiger partial charge in [0.1, 0.15) is 23.4 Å². The van der Waals surface area contributed by atoms with Gasteiger partial charge in [0.2, 0.25) is 0 Å². The number of carbonyl (C=O) groups is 1. The van der Waals surface area contributed by atoms with Gasteiger partial charge in [-0.15, -0.1) is 0 Å². The molecule has 1 aliphatic rings. The first-order chi connectivity index (χ1) is 17.4. The van der Waals surface area contributed by atoms with Gasteiger partial charge in [-0.1, -0.05) is 47.5 Å². The number of anilines is 1. The molecule has 4 aromatic rings. The number of benzene rings is 4. The molecule has 0 saturated heterocycles. The molecule has 2 N–H and O–H groups in total. The third-order valence-corrected chi connectivity index (χ3v) is 6.09. The summed E-state index contributed by atoms with van der Waals surface area (Å²) < 4.78 is 18.8. The highest BCUT2D eigenvalue weighted by Crippen LogP contribution is 2.33. The highest BCUT2D eigenvalue weighted by Gasteiger charge is 2.31. The maximum Gasteiger partial charge on any atom is 0.341 e. The molecule has 36 heavy (non-hydrogen) atoms. The van der Waals surface area contributed by atoms with Gasteiger partial charge in [0.25, 0.3) is 0 Å². The van der Waals surface area contributed by atoms with Crippen molar-refractivity contribution in [2.24, 2.45) is 0 Å². The van der Waals surface area contributed by atoms with Gasteiger partial charge in [-0.25, -0.2) is 14.2 Å². The summed E-state index contributed by atoms with van der Waals surface area (Å²) in [6.07, 6.45) is 1.98. The van der Waals surface area contributed by atoms with Crippen molar-refractivity contribution in [1.29, 1.82) is 0 Å². The summed E-state index contributed by atoms with van der Waals surface area (Å²) in [5, 5.41) is 5.69. The van der Waals surface area contributed by atoms with E-state index in [0.717, 1.165) is 16.8 Å². The van der Waals surface area contributed by atoms with Crippen LogP contribution in [0.25, 0.3) is 5.70 Å². The molecule has 0 spiro atoms. The van der Waals surface area contributed by atoms with Gasteiger partial charge in [0.15, 0.2) is 0 Å². The number of hydrogen-bond donors (Lipinski definition) is 2. The van der Waals surface area contributed by atoms with Crippen molar-refractivity contribution in [2.75, 3.05) is 5.32 Å². The molecule has 1 heterocycles. The van der Waals surface area contributed by atoms with Crippen LogP contribution in [0.15, 0.2) is 103 Å². The zero-order chi connectivity index (χ0) is 25.1. The zero-order valence-electron chi connectivity index (χ0n) is 18.8. The number of amides is 2. The molecule has 0 aliphatic carbocycles. The number of hydrogen-bond acceptors (Lipinski definition) is 3. The maximum absolute atomic E-state index is 13.3. The molecule has 180 valence electrons. The molecule has 0 saturated carbocycles. The molecule has 5 nitrogen and oxygen atoms in total. The van der Waals surface area contributed by atoms with Crippen molar-refractivity contribution in [3.63, 3.8) is 0 Å². The van der Waals surface area contributed by atoms with E-state index < -0.39 is 0 Å². The van der Waals surface area contributed by atoms with E-state index in [1.165, 1.54) is 17.1 Å². The Labute approximate surface area is 217 Å². The lowest BCUT2D eigenvalue weighted by molar-refractivity contribution is 0.190. The standard InChI is InChI=1S/C28H20Cl2FN3O2/c29-20-5-1-18(2-6-20)26-17-27(19-3-7-21(30)8-4-19)34(33-26)28(35)32-23-11-15-25(16-12-23)36-24-13-9-22(31)10-14-24/h1-17,27,33H,(H,32,35). The maximum atomic E-state index is 13.3. The number of ether oxygens (including phenoxy) is 1. The van der Waals surface area contributed by atoms with Crippen LogP contribution in [-0.4, -0.2) is 11.0 Å². The van der Waals surface area contributed by atoms with Crippen LogP contribution in [0.1, 0.15) is 17.2 Å². The Morgan fingerprint density at radius 2 is 1.36 bits per heavy atom. The Kier molecular flexibility index (Phi) is 6.80. The fraction of sp³-hybridized carbons (Fsp3) is 0.0357. The quantitative estimate of drug-likeness (QED) is 0.280. The minimum atomic E-state index is -0.367. The molecule has 8 heteroatoms. The van der Waals surface area contributed by atoms with Crippen molar-refractivity contribution < 1.29 is 13.9 Å². The van der Waals surface area contributed by atoms with Gasteiger partial charge >= 0.3 is 6.03 Å². The summed E-state index contributed by atoms with van der Waals surface area (Å²) in [5.41, 5.74) is 6.37. The third-order valence-electron chi connectivity index (χ3n) is 5.58. The lowest BCUT2D eigenvalue weighted by Gasteiger charge is -2.26. The van der Waals surface area contributed by atoms with E-state index >= 15 is 0 Å². The van der Waals surface area contributed by atoms with Gasteiger partial charge in [-0.3, -0.25) is 5.43 Å². The average Bonchev–Trinajstić information content (AvgIpc) is 3.33. The van der Waals surface area contributed by atoms with Crippen LogP contribution in [0.2, 0.25) is 10.0 Å². The summed E-state index contributed by atoms with van der Waals surface area (Å²) in [7, 11) is 0. The number of nitrogens with one attached hydrogen (secondary N) is 2. The number of halogens is 3. The largest absolute Gasteiger partial charge is 0.457 e. The molecule has 0 aromatic heterocycles. The molecule has 4 aromatic carbocycles. The van der Waals surface area contributed by atoms with Crippen LogP contribution < -0.4 is 15.5 Å². The highest BCUT2D eigenvalue weighted by molar-refractivity contribution is 6.30. The minimum Gasteiger partial charge on any atom is -0.457 e. The first-order valence-electron chi connectivity index (χ1n) is 11.1. The molecular formula is C28H20Cl2FN3O2. The summed E-state index contributed by atoms with van der Waals surface area (Å²) in [4.78, 5) is 13.3. The summed E-state index contributed by atoms with van der Waals surface area (Å²) in [5.74, 6) is 0.743. The van der Waals surface area contributed by atoms with Gasteiger partial charge in [-0.05, 0) is 90.0 Å². The van der Waals surface area contributed by atoms with Crippen LogP contribution in [0, 0.1) is 5.82 Å². The molecular weight excluding hydrogens is 500 g/mol. The summed E-state index contributed by atoms with van der Waals surface area (Å²) >= 11 is 12.1. The van der Waals surface area contributed by atoms with Gasteiger partial charge in [0, 0.05) is 15.7 Å². The van der Waals surface area contributed by atoms with E-state index in [1.807, 2.05) is 30.3 Å². The van der Waals surface area contributed by atoms with Crippen LogP contribution in [0.5, 0.6) is 11.5 Å². The van der Waals surface area contributed by atoms with E-state index in [2.05, 4.69) is 10.7 Å². The number of hydrazine groups is 1. The van der Waals surface area contributed by atoms with Crippen LogP contribution in [0.3, 0.4) is 0 Å². The molecule has 0 radical (unpaired) electrons. The van der Waals surface area contributed by atoms with E-state index in [4.69, 9.17) is 27.9 Å². The van der Waals surface area contributed by atoms with E-state index in [0.29, 0.717) is 27.2 Å². The Hall–Kier alpha value is -4.00. The van der Waals surface area contributed by atoms with Crippen molar-refractivity contribution in [3.8, 4) is 11.5 Å². The number of nitrogens with zero attached hydrogens (tertiary/aromatic N) is 1. The minimum absolute atomic E-state index is 0.332. The van der Waals surface area contributed by atoms with Crippen LogP contribution in [-0.2, 0) is 0 Å². The van der Waals surface area contributed by atoms with Gasteiger partial charge in [0.05, 0.1) is 5.70 Å². The molecule has 5 rings (SSSR count). The SMILES string of the molecule is O=C(Nc1ccc(Oc2ccc(F)cc2)cc1)N1NC(c2ccc(Cl)cc2)=CC1c1ccc(Cl)cc1. The Morgan fingerprint density at radius 3 is 1.97 bits per heavy atom. The fourth-order valence-corrected chi connectivity index (χ4v) is 4.02. The molecule has 1 atom stereocenters. The van der Waals surface area contributed by atoms with Crippen LogP contribution in [0.4, 0.5) is 14.9 Å². The van der Waals surface area contributed by atoms with E-state index in [1.54, 1.807) is 60.7 Å². The smallest absolute Gasteiger partial charge is 0.341 e.